The van der Waals surface area contributed by atoms with Crippen molar-refractivity contribution in [3.63, 3.8) is 0 Å². The van der Waals surface area contributed by atoms with Crippen molar-refractivity contribution in [2.75, 3.05) is 20.4 Å². The number of furan rings is 1. The van der Waals surface area contributed by atoms with Gasteiger partial charge in [0.25, 0.3) is 5.91 Å². The molecular weight excluding hydrogens is 362 g/mol. The molecule has 0 saturated heterocycles. The highest BCUT2D eigenvalue weighted by Gasteiger charge is 2.22. The second-order valence-electron chi connectivity index (χ2n) is 6.34. The summed E-state index contributed by atoms with van der Waals surface area (Å²) < 4.78 is 7.20. The largest absolute Gasteiger partial charge is 0.466 e. The molecule has 0 spiro atoms. The summed E-state index contributed by atoms with van der Waals surface area (Å²) in [5, 5.41) is 12.1. The average molecular weight is 383 g/mol. The fraction of sp³-hybridized carbons (Fsp3) is 0.316. The molecule has 3 aromatic rings. The first kappa shape index (κ1) is 19.0. The van der Waals surface area contributed by atoms with Crippen molar-refractivity contribution < 1.29 is 9.21 Å². The third-order valence-electron chi connectivity index (χ3n) is 4.06. The average Bonchev–Trinajstić information content (AvgIpc) is 3.28. The van der Waals surface area contributed by atoms with E-state index >= 15 is 0 Å². The van der Waals surface area contributed by atoms with Gasteiger partial charge in [-0.2, -0.15) is 17.0 Å². The van der Waals surface area contributed by atoms with E-state index in [0.717, 1.165) is 23.7 Å². The Morgan fingerprint density at radius 1 is 1.44 bits per heavy atom. The predicted molar refractivity (Wildman–Crippen MR) is 104 cm³/mol. The lowest BCUT2D eigenvalue weighted by Crippen LogP contribution is -2.27. The minimum absolute atomic E-state index is 0.361. The van der Waals surface area contributed by atoms with Gasteiger partial charge in [0, 0.05) is 18.5 Å². The summed E-state index contributed by atoms with van der Waals surface area (Å²) in [6.07, 6.45) is 5.41. The molecule has 0 aliphatic heterocycles. The van der Waals surface area contributed by atoms with Crippen LogP contribution in [-0.2, 0) is 12.3 Å². The molecule has 0 aliphatic rings. The molecule has 0 fully saturated rings. The topological polar surface area (TPSA) is 86.6 Å². The van der Waals surface area contributed by atoms with E-state index in [4.69, 9.17) is 9.40 Å². The summed E-state index contributed by atoms with van der Waals surface area (Å²) in [7, 11) is 4.00. The molecule has 1 unspecified atom stereocenters. The zero-order valence-electron chi connectivity index (χ0n) is 15.5. The highest BCUT2D eigenvalue weighted by Crippen LogP contribution is 2.22. The summed E-state index contributed by atoms with van der Waals surface area (Å²) in [5.41, 5.74) is 3.03. The highest BCUT2D eigenvalue weighted by atomic mass is 32.2. The molecule has 0 radical (unpaired) electrons. The number of hydrogen-bond donors (Lipinski definition) is 1. The van der Waals surface area contributed by atoms with Gasteiger partial charge in [-0.15, -0.1) is 0 Å². The van der Waals surface area contributed by atoms with Crippen LogP contribution < -0.4 is 5.32 Å². The van der Waals surface area contributed by atoms with E-state index in [1.54, 1.807) is 30.0 Å². The van der Waals surface area contributed by atoms with Gasteiger partial charge in [0.15, 0.2) is 6.04 Å². The van der Waals surface area contributed by atoms with Crippen LogP contribution in [0.15, 0.2) is 41.1 Å². The summed E-state index contributed by atoms with van der Waals surface area (Å²) in [6.45, 7) is 0.718. The molecule has 1 N–H and O–H groups in total. The molecule has 3 aromatic heterocycles. The van der Waals surface area contributed by atoms with E-state index in [2.05, 4.69) is 16.3 Å². The Balaban J connectivity index is 1.99. The molecular formula is C19H21N5O2S. The van der Waals surface area contributed by atoms with Gasteiger partial charge in [-0.3, -0.25) is 4.79 Å². The normalized spacial score (nSPS) is 12.3. The molecule has 140 valence electrons. The van der Waals surface area contributed by atoms with Crippen LogP contribution in [0.1, 0.15) is 33.5 Å². The molecule has 27 heavy (non-hydrogen) atoms. The molecule has 0 bridgehead atoms. The second kappa shape index (κ2) is 8.29. The van der Waals surface area contributed by atoms with Crippen molar-refractivity contribution in [3.05, 3.63) is 59.4 Å². The number of nitrogens with zero attached hydrogens (tertiary/aromatic N) is 4. The summed E-state index contributed by atoms with van der Waals surface area (Å²) in [6, 6.07) is 8.09. The number of carbonyl (C=O) groups is 1. The van der Waals surface area contributed by atoms with Gasteiger partial charge < -0.3 is 19.0 Å². The maximum absolute atomic E-state index is 12.9. The minimum atomic E-state index is -0.852. The second-order valence-corrected chi connectivity index (χ2v) is 7.21. The first-order valence-electron chi connectivity index (χ1n) is 8.41. The number of nitriles is 1. The molecule has 7 nitrogen and oxygen atoms in total. The number of amides is 1. The minimum Gasteiger partial charge on any atom is -0.466 e. The van der Waals surface area contributed by atoms with Crippen LogP contribution in [-0.4, -0.2) is 40.5 Å². The standard InChI is InChI=1S/C19H21N5O2S/c1-23(2)11-16-15(12-27-3)21-18-13(6-4-8-24(16)18)19(25)22-14(10-20)17-7-5-9-26-17/h4-9,14H,11-12H2,1-3H3,(H,22,25). The number of aromatic nitrogens is 2. The lowest BCUT2D eigenvalue weighted by molar-refractivity contribution is 0.0942. The van der Waals surface area contributed by atoms with Crippen molar-refractivity contribution in [1.82, 2.24) is 19.6 Å². The smallest absolute Gasteiger partial charge is 0.256 e. The fourth-order valence-electron chi connectivity index (χ4n) is 2.89. The van der Waals surface area contributed by atoms with E-state index in [1.807, 2.05) is 37.0 Å². The van der Waals surface area contributed by atoms with Gasteiger partial charge in [-0.05, 0) is 44.6 Å². The van der Waals surface area contributed by atoms with Gasteiger partial charge in [0.1, 0.15) is 11.4 Å². The molecule has 1 amide bonds. The Labute approximate surface area is 162 Å². The lowest BCUT2D eigenvalue weighted by Gasteiger charge is -2.12. The SMILES string of the molecule is CSCc1nc2c(C(=O)NC(C#N)c3ccco3)cccn2c1CN(C)C. The summed E-state index contributed by atoms with van der Waals surface area (Å²) in [4.78, 5) is 19.6. The summed E-state index contributed by atoms with van der Waals surface area (Å²) >= 11 is 1.69. The number of imidazole rings is 1. The zero-order valence-corrected chi connectivity index (χ0v) is 16.3. The number of rotatable bonds is 7. The maximum atomic E-state index is 12.9. The number of thioether (sulfide) groups is 1. The number of pyridine rings is 1. The Bertz CT molecular complexity index is 972. The Morgan fingerprint density at radius 2 is 2.26 bits per heavy atom. The van der Waals surface area contributed by atoms with Crippen molar-refractivity contribution >= 4 is 23.3 Å². The lowest BCUT2D eigenvalue weighted by atomic mass is 10.2. The molecule has 0 aromatic carbocycles. The maximum Gasteiger partial charge on any atom is 0.256 e. The van der Waals surface area contributed by atoms with Gasteiger partial charge >= 0.3 is 0 Å². The monoisotopic (exact) mass is 383 g/mol. The van der Waals surface area contributed by atoms with Crippen molar-refractivity contribution in [2.24, 2.45) is 0 Å². The Hall–Kier alpha value is -2.76. The van der Waals surface area contributed by atoms with Crippen LogP contribution in [0.5, 0.6) is 0 Å². The van der Waals surface area contributed by atoms with Gasteiger partial charge in [0.2, 0.25) is 0 Å². The summed E-state index contributed by atoms with van der Waals surface area (Å²) in [5.74, 6) is 0.803. The van der Waals surface area contributed by atoms with Crippen LogP contribution >= 0.6 is 11.8 Å². The van der Waals surface area contributed by atoms with Crippen LogP contribution in [0.25, 0.3) is 5.65 Å². The van der Waals surface area contributed by atoms with Gasteiger partial charge in [0.05, 0.1) is 29.3 Å². The first-order chi connectivity index (χ1) is 13.0. The van der Waals surface area contributed by atoms with E-state index < -0.39 is 6.04 Å². The van der Waals surface area contributed by atoms with Crippen LogP contribution in [0.3, 0.4) is 0 Å². The number of nitrogens with one attached hydrogen (secondary N) is 1. The van der Waals surface area contributed by atoms with Gasteiger partial charge in [-0.25, -0.2) is 4.98 Å². The van der Waals surface area contributed by atoms with Crippen molar-refractivity contribution in [3.8, 4) is 6.07 Å². The zero-order chi connectivity index (χ0) is 19.4. The van der Waals surface area contributed by atoms with Crippen LogP contribution in [0.2, 0.25) is 0 Å². The van der Waals surface area contributed by atoms with Crippen LogP contribution in [0.4, 0.5) is 0 Å². The third kappa shape index (κ3) is 3.99. The fourth-order valence-corrected chi connectivity index (χ4v) is 3.40. The number of fused-ring (bicyclic) bond motifs is 1. The molecule has 3 heterocycles. The number of carbonyl (C=O) groups excluding carboxylic acids is 1. The van der Waals surface area contributed by atoms with E-state index in [-0.39, 0.29) is 5.91 Å². The molecule has 8 heteroatoms. The first-order valence-corrected chi connectivity index (χ1v) is 9.81. The molecule has 1 atom stereocenters. The molecule has 0 saturated carbocycles. The molecule has 0 aliphatic carbocycles. The van der Waals surface area contributed by atoms with E-state index in [9.17, 15) is 10.1 Å². The van der Waals surface area contributed by atoms with Gasteiger partial charge in [-0.1, -0.05) is 0 Å². The quantitative estimate of drug-likeness (QED) is 0.675. The van der Waals surface area contributed by atoms with E-state index in [0.29, 0.717) is 17.0 Å². The van der Waals surface area contributed by atoms with Crippen molar-refractivity contribution in [2.45, 2.75) is 18.3 Å². The highest BCUT2D eigenvalue weighted by molar-refractivity contribution is 7.97. The van der Waals surface area contributed by atoms with Crippen LogP contribution in [0, 0.1) is 11.3 Å². The third-order valence-corrected chi connectivity index (χ3v) is 4.62. The molecule has 3 rings (SSSR count). The number of hydrogen-bond acceptors (Lipinski definition) is 6. The Morgan fingerprint density at radius 3 is 2.89 bits per heavy atom. The Kier molecular flexibility index (Phi) is 5.84. The van der Waals surface area contributed by atoms with E-state index in [1.165, 1.54) is 6.26 Å². The predicted octanol–water partition coefficient (Wildman–Crippen LogP) is 2.85. The van der Waals surface area contributed by atoms with Crippen molar-refractivity contribution in [1.29, 1.82) is 5.26 Å².